The van der Waals surface area contributed by atoms with Crippen LogP contribution >= 0.6 is 0 Å². The molecule has 1 saturated heterocycles. The number of nitrogens with one attached hydrogen (secondary N) is 3. The van der Waals surface area contributed by atoms with Crippen molar-refractivity contribution in [1.82, 2.24) is 15.5 Å². The number of piperidine rings is 1. The molecule has 5 heteroatoms. The minimum atomic E-state index is -0.254. The molecule has 3 N–H and O–H groups in total. The van der Waals surface area contributed by atoms with Gasteiger partial charge in [0.25, 0.3) is 0 Å². The Kier molecular flexibility index (Phi) is 2.73. The van der Waals surface area contributed by atoms with E-state index in [1.54, 1.807) is 12.3 Å². The van der Waals surface area contributed by atoms with Crippen LogP contribution in [0.15, 0.2) is 12.3 Å². The molecule has 0 saturated carbocycles. The van der Waals surface area contributed by atoms with Crippen LogP contribution in [-0.4, -0.2) is 29.2 Å². The molecule has 2 rings (SSSR count). The molecule has 1 amide bonds. The van der Waals surface area contributed by atoms with Gasteiger partial charge in [0.05, 0.1) is 6.20 Å². The molecule has 15 heavy (non-hydrogen) atoms. The summed E-state index contributed by atoms with van der Waals surface area (Å²) in [5.74, 6) is 0.744. The number of nitrogens with zero attached hydrogens (tertiary/aromatic N) is 1. The number of hydrogen-bond donors (Lipinski definition) is 3. The van der Waals surface area contributed by atoms with Gasteiger partial charge in [0, 0.05) is 11.5 Å². The molecule has 82 valence electrons. The molecule has 0 atom stereocenters. The third kappa shape index (κ3) is 2.18. The summed E-state index contributed by atoms with van der Waals surface area (Å²) < 4.78 is 0. The molecule has 1 fully saturated rings. The summed E-state index contributed by atoms with van der Waals surface area (Å²) >= 11 is 0. The van der Waals surface area contributed by atoms with E-state index in [0.717, 1.165) is 25.9 Å². The van der Waals surface area contributed by atoms with Crippen molar-refractivity contribution in [2.75, 3.05) is 18.4 Å². The fourth-order valence-corrected chi connectivity index (χ4v) is 1.80. The third-order valence-electron chi connectivity index (χ3n) is 3.00. The Bertz CT molecular complexity index is 327. The van der Waals surface area contributed by atoms with E-state index in [4.69, 9.17) is 0 Å². The normalized spacial score (nSPS) is 19.8. The van der Waals surface area contributed by atoms with Gasteiger partial charge in [-0.1, -0.05) is 6.92 Å². The number of aromatic amines is 1. The van der Waals surface area contributed by atoms with Crippen LogP contribution in [0.4, 0.5) is 5.82 Å². The monoisotopic (exact) mass is 208 g/mol. The minimum Gasteiger partial charge on any atom is -0.317 e. The molecule has 5 nitrogen and oxygen atoms in total. The predicted octanol–water partition coefficient (Wildman–Crippen LogP) is 0.738. The number of hydrogen-bond acceptors (Lipinski definition) is 3. The number of carbonyl (C=O) groups excluding carboxylic acids is 1. The van der Waals surface area contributed by atoms with Gasteiger partial charge < -0.3 is 10.6 Å². The Morgan fingerprint density at radius 2 is 2.27 bits per heavy atom. The van der Waals surface area contributed by atoms with Crippen molar-refractivity contribution in [2.45, 2.75) is 19.8 Å². The average Bonchev–Trinajstić information content (AvgIpc) is 2.71. The quantitative estimate of drug-likeness (QED) is 0.671. The molecule has 0 spiro atoms. The highest BCUT2D eigenvalue weighted by atomic mass is 16.2. The summed E-state index contributed by atoms with van der Waals surface area (Å²) in [4.78, 5) is 12.0. The molecule has 1 aliphatic heterocycles. The van der Waals surface area contributed by atoms with E-state index in [2.05, 4.69) is 20.8 Å². The summed E-state index contributed by atoms with van der Waals surface area (Å²) in [7, 11) is 0. The van der Waals surface area contributed by atoms with Crippen LogP contribution < -0.4 is 10.6 Å². The number of aromatic nitrogens is 2. The van der Waals surface area contributed by atoms with Crippen LogP contribution in [0.25, 0.3) is 0 Å². The zero-order chi connectivity index (χ0) is 10.7. The van der Waals surface area contributed by atoms with E-state index < -0.39 is 0 Å². The first-order valence-corrected chi connectivity index (χ1v) is 5.22. The zero-order valence-electron chi connectivity index (χ0n) is 8.84. The topological polar surface area (TPSA) is 69.8 Å². The van der Waals surface area contributed by atoms with E-state index in [0.29, 0.717) is 5.82 Å². The number of rotatable bonds is 2. The van der Waals surface area contributed by atoms with Gasteiger partial charge in [-0.2, -0.15) is 5.10 Å². The highest BCUT2D eigenvalue weighted by Crippen LogP contribution is 2.29. The maximum absolute atomic E-state index is 12.0. The fourth-order valence-electron chi connectivity index (χ4n) is 1.80. The molecular formula is C10H16N4O. The van der Waals surface area contributed by atoms with E-state index in [1.165, 1.54) is 0 Å². The number of carbonyl (C=O) groups is 1. The molecule has 1 aromatic heterocycles. The van der Waals surface area contributed by atoms with Gasteiger partial charge in [0.1, 0.15) is 5.82 Å². The largest absolute Gasteiger partial charge is 0.317 e. The highest BCUT2D eigenvalue weighted by Gasteiger charge is 2.34. The van der Waals surface area contributed by atoms with Crippen molar-refractivity contribution < 1.29 is 4.79 Å². The highest BCUT2D eigenvalue weighted by molar-refractivity contribution is 5.94. The van der Waals surface area contributed by atoms with Crippen LogP contribution in [-0.2, 0) is 4.79 Å². The van der Waals surface area contributed by atoms with Gasteiger partial charge in [0.2, 0.25) is 5.91 Å². The molecule has 1 aromatic rings. The molecule has 0 bridgehead atoms. The van der Waals surface area contributed by atoms with Crippen LogP contribution in [0.2, 0.25) is 0 Å². The van der Waals surface area contributed by atoms with Crippen molar-refractivity contribution in [3.05, 3.63) is 12.3 Å². The maximum atomic E-state index is 12.0. The van der Waals surface area contributed by atoms with E-state index >= 15 is 0 Å². The summed E-state index contributed by atoms with van der Waals surface area (Å²) in [6.45, 7) is 3.83. The first kappa shape index (κ1) is 10.2. The third-order valence-corrected chi connectivity index (χ3v) is 3.00. The lowest BCUT2D eigenvalue weighted by Gasteiger charge is -2.32. The van der Waals surface area contributed by atoms with Gasteiger partial charge in [-0.3, -0.25) is 9.89 Å². The second-order valence-electron chi connectivity index (χ2n) is 4.24. The lowest BCUT2D eigenvalue weighted by Crippen LogP contribution is -2.42. The Balaban J connectivity index is 2.00. The first-order valence-electron chi connectivity index (χ1n) is 5.22. The summed E-state index contributed by atoms with van der Waals surface area (Å²) in [5, 5.41) is 12.6. The lowest BCUT2D eigenvalue weighted by molar-refractivity contribution is -0.126. The van der Waals surface area contributed by atoms with Crippen LogP contribution in [0.1, 0.15) is 19.8 Å². The standard InChI is InChI=1S/C10H16N4O/c1-10(3-6-11-7-4-10)9(15)13-8-2-5-12-14-8/h2,5,11H,3-4,6-7H2,1H3,(H2,12,13,14,15). The van der Waals surface area contributed by atoms with Gasteiger partial charge in [-0.25, -0.2) is 0 Å². The summed E-state index contributed by atoms with van der Waals surface area (Å²) in [6, 6.07) is 1.75. The molecule has 0 aliphatic carbocycles. The predicted molar refractivity (Wildman–Crippen MR) is 57.4 cm³/mol. The molecule has 0 radical (unpaired) electrons. The molecule has 0 unspecified atom stereocenters. The molecular weight excluding hydrogens is 192 g/mol. The van der Waals surface area contributed by atoms with Crippen molar-refractivity contribution >= 4 is 11.7 Å². The van der Waals surface area contributed by atoms with E-state index in [9.17, 15) is 4.79 Å². The molecule has 1 aliphatic rings. The van der Waals surface area contributed by atoms with Gasteiger partial charge in [0.15, 0.2) is 0 Å². The maximum Gasteiger partial charge on any atom is 0.231 e. The lowest BCUT2D eigenvalue weighted by atomic mass is 9.80. The first-order chi connectivity index (χ1) is 7.21. The van der Waals surface area contributed by atoms with Gasteiger partial charge in [-0.05, 0) is 25.9 Å². The van der Waals surface area contributed by atoms with Crippen molar-refractivity contribution in [3.8, 4) is 0 Å². The Labute approximate surface area is 88.6 Å². The van der Waals surface area contributed by atoms with Gasteiger partial charge >= 0.3 is 0 Å². The Morgan fingerprint density at radius 1 is 1.53 bits per heavy atom. The zero-order valence-corrected chi connectivity index (χ0v) is 8.84. The SMILES string of the molecule is CC1(C(=O)Nc2ccn[nH]2)CCNCC1. The van der Waals surface area contributed by atoms with Crippen molar-refractivity contribution in [1.29, 1.82) is 0 Å². The van der Waals surface area contributed by atoms with Crippen molar-refractivity contribution in [3.63, 3.8) is 0 Å². The number of amides is 1. The van der Waals surface area contributed by atoms with Crippen LogP contribution in [0.3, 0.4) is 0 Å². The molecule has 0 aromatic carbocycles. The smallest absolute Gasteiger partial charge is 0.231 e. The Hall–Kier alpha value is -1.36. The van der Waals surface area contributed by atoms with Crippen LogP contribution in [0.5, 0.6) is 0 Å². The molecule has 2 heterocycles. The fraction of sp³-hybridized carbons (Fsp3) is 0.600. The Morgan fingerprint density at radius 3 is 2.87 bits per heavy atom. The second-order valence-corrected chi connectivity index (χ2v) is 4.24. The van der Waals surface area contributed by atoms with E-state index in [1.807, 2.05) is 6.92 Å². The summed E-state index contributed by atoms with van der Waals surface area (Å²) in [5.41, 5.74) is -0.254. The number of H-pyrrole nitrogens is 1. The summed E-state index contributed by atoms with van der Waals surface area (Å²) in [6.07, 6.45) is 3.39. The number of anilines is 1. The van der Waals surface area contributed by atoms with Crippen LogP contribution in [0, 0.1) is 5.41 Å². The van der Waals surface area contributed by atoms with E-state index in [-0.39, 0.29) is 11.3 Å². The van der Waals surface area contributed by atoms with Gasteiger partial charge in [-0.15, -0.1) is 0 Å². The second kappa shape index (κ2) is 4.02. The van der Waals surface area contributed by atoms with Crippen molar-refractivity contribution in [2.24, 2.45) is 5.41 Å². The average molecular weight is 208 g/mol. The minimum absolute atomic E-state index is 0.0771.